The molecule has 0 saturated carbocycles. The highest BCUT2D eigenvalue weighted by Gasteiger charge is 2.25. The summed E-state index contributed by atoms with van der Waals surface area (Å²) in [5.74, 6) is -0.671. The molecule has 0 spiro atoms. The van der Waals surface area contributed by atoms with Crippen LogP contribution in [0.1, 0.15) is 45.9 Å². The second-order valence-corrected chi connectivity index (χ2v) is 4.80. The lowest BCUT2D eigenvalue weighted by atomic mass is 10.0. The molecule has 100 valence electrons. The summed E-state index contributed by atoms with van der Waals surface area (Å²) < 4.78 is 4.72. The Morgan fingerprint density at radius 2 is 2.06 bits per heavy atom. The number of rotatable bonds is 5. The summed E-state index contributed by atoms with van der Waals surface area (Å²) in [6.45, 7) is 4.34. The van der Waals surface area contributed by atoms with Gasteiger partial charge in [-0.05, 0) is 18.9 Å². The number of nitrogen functional groups attached to an aromatic ring is 1. The molecule has 0 radical (unpaired) electrons. The molecular formula is C12H18N2O3S. The third-order valence-corrected chi connectivity index (χ3v) is 3.51. The lowest BCUT2D eigenvalue weighted by Gasteiger charge is -2.06. The third kappa shape index (κ3) is 2.81. The molecule has 18 heavy (non-hydrogen) atoms. The van der Waals surface area contributed by atoms with E-state index < -0.39 is 5.97 Å². The second-order valence-electron chi connectivity index (χ2n) is 3.75. The minimum Gasteiger partial charge on any atom is -0.465 e. The molecule has 1 amide bonds. The van der Waals surface area contributed by atoms with Crippen LogP contribution < -0.4 is 11.1 Å². The van der Waals surface area contributed by atoms with Gasteiger partial charge in [0.25, 0.3) is 5.91 Å². The van der Waals surface area contributed by atoms with E-state index in [0.717, 1.165) is 17.8 Å². The summed E-state index contributed by atoms with van der Waals surface area (Å²) >= 11 is 1.11. The van der Waals surface area contributed by atoms with Gasteiger partial charge in [0.15, 0.2) is 0 Å². The Hall–Kier alpha value is -1.56. The van der Waals surface area contributed by atoms with Crippen molar-refractivity contribution in [2.75, 3.05) is 19.4 Å². The van der Waals surface area contributed by atoms with E-state index >= 15 is 0 Å². The first-order valence-electron chi connectivity index (χ1n) is 5.84. The zero-order valence-electron chi connectivity index (χ0n) is 10.8. The lowest BCUT2D eigenvalue weighted by Crippen LogP contribution is -2.24. The van der Waals surface area contributed by atoms with Crippen LogP contribution in [0.3, 0.4) is 0 Å². The quantitative estimate of drug-likeness (QED) is 0.800. The Morgan fingerprint density at radius 3 is 2.56 bits per heavy atom. The Labute approximate surface area is 110 Å². The van der Waals surface area contributed by atoms with Crippen LogP contribution in [0.4, 0.5) is 5.00 Å². The van der Waals surface area contributed by atoms with Gasteiger partial charge in [-0.3, -0.25) is 4.79 Å². The summed E-state index contributed by atoms with van der Waals surface area (Å²) in [4.78, 5) is 24.0. The Kier molecular flexibility index (Phi) is 5.15. The molecule has 1 aromatic heterocycles. The fourth-order valence-corrected chi connectivity index (χ4v) is 2.76. The van der Waals surface area contributed by atoms with E-state index in [-0.39, 0.29) is 5.91 Å². The monoisotopic (exact) mass is 270 g/mol. The van der Waals surface area contributed by atoms with Crippen molar-refractivity contribution >= 4 is 28.2 Å². The topological polar surface area (TPSA) is 81.4 Å². The Bertz CT molecular complexity index is 454. The summed E-state index contributed by atoms with van der Waals surface area (Å²) in [6, 6.07) is 0. The molecular weight excluding hydrogens is 252 g/mol. The van der Waals surface area contributed by atoms with Crippen LogP contribution in [-0.4, -0.2) is 25.5 Å². The number of hydrogen-bond donors (Lipinski definition) is 2. The van der Waals surface area contributed by atoms with Crippen LogP contribution in [0.2, 0.25) is 0 Å². The minimum atomic E-state index is -0.439. The molecule has 0 aliphatic heterocycles. The average molecular weight is 270 g/mol. The maximum atomic E-state index is 11.9. The average Bonchev–Trinajstić information content (AvgIpc) is 2.66. The van der Waals surface area contributed by atoms with Gasteiger partial charge in [0.2, 0.25) is 0 Å². The number of thiophene rings is 1. The highest BCUT2D eigenvalue weighted by molar-refractivity contribution is 7.18. The first-order valence-corrected chi connectivity index (χ1v) is 6.66. The van der Waals surface area contributed by atoms with Crippen molar-refractivity contribution in [3.05, 3.63) is 16.0 Å². The van der Waals surface area contributed by atoms with Crippen LogP contribution in [-0.2, 0) is 11.2 Å². The first-order chi connectivity index (χ1) is 8.56. The van der Waals surface area contributed by atoms with Crippen LogP contribution in [0.15, 0.2) is 0 Å². The molecule has 0 bridgehead atoms. The SMILES string of the molecule is CCCc1c(C(=O)OC)sc(N)c1C(=O)NCC. The van der Waals surface area contributed by atoms with Crippen LogP contribution in [0.5, 0.6) is 0 Å². The van der Waals surface area contributed by atoms with Crippen molar-refractivity contribution in [2.24, 2.45) is 0 Å². The number of methoxy groups -OCH3 is 1. The van der Waals surface area contributed by atoms with E-state index in [1.165, 1.54) is 7.11 Å². The predicted molar refractivity (Wildman–Crippen MR) is 72.1 cm³/mol. The van der Waals surface area contributed by atoms with Crippen molar-refractivity contribution in [3.63, 3.8) is 0 Å². The molecule has 1 aromatic rings. The van der Waals surface area contributed by atoms with Crippen molar-refractivity contribution in [3.8, 4) is 0 Å². The molecule has 1 rings (SSSR count). The van der Waals surface area contributed by atoms with Gasteiger partial charge in [-0.2, -0.15) is 0 Å². The number of nitrogens with one attached hydrogen (secondary N) is 1. The van der Waals surface area contributed by atoms with Crippen LogP contribution in [0.25, 0.3) is 0 Å². The molecule has 3 N–H and O–H groups in total. The van der Waals surface area contributed by atoms with Crippen LogP contribution >= 0.6 is 11.3 Å². The molecule has 1 heterocycles. The molecule has 0 atom stereocenters. The van der Waals surface area contributed by atoms with Crippen molar-refractivity contribution in [1.29, 1.82) is 0 Å². The maximum absolute atomic E-state index is 11.9. The van der Waals surface area contributed by atoms with Crippen LogP contribution in [0, 0.1) is 0 Å². The Balaban J connectivity index is 3.27. The van der Waals surface area contributed by atoms with E-state index in [0.29, 0.717) is 34.0 Å². The molecule has 0 unspecified atom stereocenters. The largest absolute Gasteiger partial charge is 0.465 e. The number of carbonyl (C=O) groups excluding carboxylic acids is 2. The van der Waals surface area contributed by atoms with Gasteiger partial charge in [0.1, 0.15) is 4.88 Å². The van der Waals surface area contributed by atoms with E-state index in [9.17, 15) is 9.59 Å². The molecule has 6 heteroatoms. The minimum absolute atomic E-state index is 0.232. The molecule has 0 aromatic carbocycles. The van der Waals surface area contributed by atoms with Crippen molar-refractivity contribution in [1.82, 2.24) is 5.32 Å². The summed E-state index contributed by atoms with van der Waals surface area (Å²) in [7, 11) is 1.32. The molecule has 5 nitrogen and oxygen atoms in total. The number of amides is 1. The fraction of sp³-hybridized carbons (Fsp3) is 0.500. The summed E-state index contributed by atoms with van der Waals surface area (Å²) in [6.07, 6.45) is 1.46. The second kappa shape index (κ2) is 6.39. The van der Waals surface area contributed by atoms with E-state index in [2.05, 4.69) is 5.32 Å². The van der Waals surface area contributed by atoms with Gasteiger partial charge in [0, 0.05) is 6.54 Å². The zero-order chi connectivity index (χ0) is 13.7. The van der Waals surface area contributed by atoms with Gasteiger partial charge >= 0.3 is 5.97 Å². The van der Waals surface area contributed by atoms with Crippen molar-refractivity contribution < 1.29 is 14.3 Å². The van der Waals surface area contributed by atoms with E-state index in [1.807, 2.05) is 13.8 Å². The fourth-order valence-electron chi connectivity index (χ4n) is 1.73. The van der Waals surface area contributed by atoms with Gasteiger partial charge in [-0.25, -0.2) is 4.79 Å². The normalized spacial score (nSPS) is 10.2. The lowest BCUT2D eigenvalue weighted by molar-refractivity contribution is 0.0605. The number of esters is 1. The first kappa shape index (κ1) is 14.5. The van der Waals surface area contributed by atoms with Gasteiger partial charge < -0.3 is 15.8 Å². The smallest absolute Gasteiger partial charge is 0.348 e. The number of carbonyl (C=O) groups is 2. The van der Waals surface area contributed by atoms with E-state index in [1.54, 1.807) is 0 Å². The number of hydrogen-bond acceptors (Lipinski definition) is 5. The van der Waals surface area contributed by atoms with Gasteiger partial charge in [-0.1, -0.05) is 13.3 Å². The third-order valence-electron chi connectivity index (χ3n) is 2.47. The summed E-state index contributed by atoms with van der Waals surface area (Å²) in [5.41, 5.74) is 6.96. The summed E-state index contributed by atoms with van der Waals surface area (Å²) in [5, 5.41) is 3.07. The molecule has 0 aliphatic carbocycles. The van der Waals surface area contributed by atoms with Crippen molar-refractivity contribution in [2.45, 2.75) is 26.7 Å². The highest BCUT2D eigenvalue weighted by atomic mass is 32.1. The molecule has 0 saturated heterocycles. The van der Waals surface area contributed by atoms with E-state index in [4.69, 9.17) is 10.5 Å². The molecule has 0 aliphatic rings. The standard InChI is InChI=1S/C12H18N2O3S/c1-4-6-7-8(11(15)14-5-2)10(13)18-9(7)12(16)17-3/h4-6,13H2,1-3H3,(H,14,15). The number of nitrogens with two attached hydrogens (primary N) is 1. The van der Waals surface area contributed by atoms with Gasteiger partial charge in [-0.15, -0.1) is 11.3 Å². The Morgan fingerprint density at radius 1 is 1.39 bits per heavy atom. The molecule has 0 fully saturated rings. The number of ether oxygens (including phenoxy) is 1. The highest BCUT2D eigenvalue weighted by Crippen LogP contribution is 2.32. The zero-order valence-corrected chi connectivity index (χ0v) is 11.6. The predicted octanol–water partition coefficient (Wildman–Crippen LogP) is 1.82. The number of anilines is 1. The maximum Gasteiger partial charge on any atom is 0.348 e. The van der Waals surface area contributed by atoms with Gasteiger partial charge in [0.05, 0.1) is 17.7 Å².